The van der Waals surface area contributed by atoms with E-state index in [2.05, 4.69) is 45.9 Å². The first-order chi connectivity index (χ1) is 10.4. The Hall–Kier alpha value is -1.87. The molecule has 0 aliphatic heterocycles. The number of pyridine rings is 1. The summed E-state index contributed by atoms with van der Waals surface area (Å²) < 4.78 is 1.90. The van der Waals surface area contributed by atoms with Gasteiger partial charge in [-0.3, -0.25) is 4.79 Å². The van der Waals surface area contributed by atoms with Crippen LogP contribution in [0.1, 0.15) is 56.0 Å². The third kappa shape index (κ3) is 3.00. The molecule has 0 saturated carbocycles. The molecule has 2 aromatic rings. The molecule has 0 saturated heterocycles. The van der Waals surface area contributed by atoms with Crippen LogP contribution in [0.3, 0.4) is 0 Å². The van der Waals surface area contributed by atoms with Crippen LogP contribution in [0.2, 0.25) is 0 Å². The standard InChI is InChI=1S/C19H26N2O/c1-6-14(4)21-18(10-9-17(15(5)20)19(21)22)16-8-7-12(2)11-13(16)3/h7-11,14-15H,6,20H2,1-5H3. The number of aromatic nitrogens is 1. The van der Waals surface area contributed by atoms with Gasteiger partial charge in [0.1, 0.15) is 0 Å². The molecule has 0 spiro atoms. The number of hydrogen-bond donors (Lipinski definition) is 1. The van der Waals surface area contributed by atoms with Gasteiger partial charge in [0.2, 0.25) is 0 Å². The van der Waals surface area contributed by atoms with E-state index in [1.807, 2.05) is 23.6 Å². The first-order valence-corrected chi connectivity index (χ1v) is 7.95. The van der Waals surface area contributed by atoms with E-state index in [0.717, 1.165) is 17.7 Å². The second-order valence-electron chi connectivity index (χ2n) is 6.21. The summed E-state index contributed by atoms with van der Waals surface area (Å²) in [7, 11) is 0. The van der Waals surface area contributed by atoms with Gasteiger partial charge in [0.05, 0.1) is 5.69 Å². The Morgan fingerprint density at radius 3 is 2.36 bits per heavy atom. The number of nitrogens with two attached hydrogens (primary N) is 1. The molecule has 3 nitrogen and oxygen atoms in total. The van der Waals surface area contributed by atoms with Crippen molar-refractivity contribution in [2.24, 2.45) is 5.73 Å². The van der Waals surface area contributed by atoms with Crippen LogP contribution >= 0.6 is 0 Å². The average molecular weight is 298 g/mol. The molecule has 0 aliphatic rings. The van der Waals surface area contributed by atoms with Crippen molar-refractivity contribution in [3.63, 3.8) is 0 Å². The molecule has 0 fully saturated rings. The van der Waals surface area contributed by atoms with Crippen LogP contribution in [-0.4, -0.2) is 4.57 Å². The average Bonchev–Trinajstić information content (AvgIpc) is 2.46. The predicted molar refractivity (Wildman–Crippen MR) is 93.2 cm³/mol. The Morgan fingerprint density at radius 2 is 1.82 bits per heavy atom. The van der Waals surface area contributed by atoms with Crippen molar-refractivity contribution < 1.29 is 0 Å². The summed E-state index contributed by atoms with van der Waals surface area (Å²) in [5.74, 6) is 0. The molecule has 1 aromatic heterocycles. The topological polar surface area (TPSA) is 48.0 Å². The largest absolute Gasteiger partial charge is 0.324 e. The molecule has 2 atom stereocenters. The van der Waals surface area contributed by atoms with Gasteiger partial charge in [0.25, 0.3) is 5.56 Å². The Labute approximate surface area is 132 Å². The molecule has 0 amide bonds. The lowest BCUT2D eigenvalue weighted by atomic mass is 10.00. The highest BCUT2D eigenvalue weighted by molar-refractivity contribution is 5.65. The zero-order valence-electron chi connectivity index (χ0n) is 14.2. The maximum absolute atomic E-state index is 12.9. The lowest BCUT2D eigenvalue weighted by Crippen LogP contribution is -2.30. The molecular formula is C19H26N2O. The van der Waals surface area contributed by atoms with Gasteiger partial charge in [-0.2, -0.15) is 0 Å². The summed E-state index contributed by atoms with van der Waals surface area (Å²) in [5.41, 5.74) is 11.2. The third-order valence-corrected chi connectivity index (χ3v) is 4.33. The first-order valence-electron chi connectivity index (χ1n) is 7.95. The molecular weight excluding hydrogens is 272 g/mol. The maximum atomic E-state index is 12.9. The SMILES string of the molecule is CCC(C)n1c(-c2ccc(C)cc2C)ccc(C(C)N)c1=O. The van der Waals surface area contributed by atoms with Crippen LogP contribution in [0.5, 0.6) is 0 Å². The fraction of sp³-hybridized carbons (Fsp3) is 0.421. The van der Waals surface area contributed by atoms with Gasteiger partial charge in [-0.15, -0.1) is 0 Å². The smallest absolute Gasteiger partial charge is 0.256 e. The van der Waals surface area contributed by atoms with E-state index in [4.69, 9.17) is 5.73 Å². The molecule has 0 aliphatic carbocycles. The first kappa shape index (κ1) is 16.5. The number of benzene rings is 1. The van der Waals surface area contributed by atoms with Crippen LogP contribution in [0.15, 0.2) is 35.1 Å². The van der Waals surface area contributed by atoms with E-state index in [9.17, 15) is 4.79 Å². The minimum absolute atomic E-state index is 0.0295. The third-order valence-electron chi connectivity index (χ3n) is 4.33. The van der Waals surface area contributed by atoms with Crippen molar-refractivity contribution in [1.82, 2.24) is 4.57 Å². The lowest BCUT2D eigenvalue weighted by Gasteiger charge is -2.22. The highest BCUT2D eigenvalue weighted by atomic mass is 16.1. The minimum Gasteiger partial charge on any atom is -0.324 e. The van der Waals surface area contributed by atoms with Crippen LogP contribution in [-0.2, 0) is 0 Å². The van der Waals surface area contributed by atoms with Gasteiger partial charge < -0.3 is 10.3 Å². The van der Waals surface area contributed by atoms with Gasteiger partial charge >= 0.3 is 0 Å². The summed E-state index contributed by atoms with van der Waals surface area (Å²) >= 11 is 0. The van der Waals surface area contributed by atoms with Gasteiger partial charge in [-0.1, -0.05) is 30.7 Å². The summed E-state index contributed by atoms with van der Waals surface area (Å²) in [6.45, 7) is 10.2. The molecule has 2 N–H and O–H groups in total. The predicted octanol–water partition coefficient (Wildman–Crippen LogP) is 4.12. The molecule has 22 heavy (non-hydrogen) atoms. The molecule has 3 heteroatoms. The van der Waals surface area contributed by atoms with Gasteiger partial charge in [-0.05, 0) is 51.8 Å². The lowest BCUT2D eigenvalue weighted by molar-refractivity contribution is 0.513. The van der Waals surface area contributed by atoms with Crippen molar-refractivity contribution in [3.8, 4) is 11.3 Å². The molecule has 1 heterocycles. The van der Waals surface area contributed by atoms with Crippen LogP contribution < -0.4 is 11.3 Å². The summed E-state index contributed by atoms with van der Waals surface area (Å²) in [5, 5.41) is 0. The zero-order chi connectivity index (χ0) is 16.4. The van der Waals surface area contributed by atoms with Crippen molar-refractivity contribution in [3.05, 3.63) is 57.4 Å². The Morgan fingerprint density at radius 1 is 1.14 bits per heavy atom. The minimum atomic E-state index is -0.254. The Kier molecular flexibility index (Phi) is 4.87. The fourth-order valence-electron chi connectivity index (χ4n) is 2.86. The normalized spacial score (nSPS) is 13.9. The van der Waals surface area contributed by atoms with E-state index >= 15 is 0 Å². The van der Waals surface area contributed by atoms with Crippen LogP contribution in [0, 0.1) is 13.8 Å². The molecule has 1 aromatic carbocycles. The second-order valence-corrected chi connectivity index (χ2v) is 6.21. The van der Waals surface area contributed by atoms with Crippen molar-refractivity contribution in [2.45, 2.75) is 53.1 Å². The van der Waals surface area contributed by atoms with E-state index in [1.165, 1.54) is 11.1 Å². The zero-order valence-corrected chi connectivity index (χ0v) is 14.2. The van der Waals surface area contributed by atoms with Crippen LogP contribution in [0.25, 0.3) is 11.3 Å². The van der Waals surface area contributed by atoms with Gasteiger partial charge in [0.15, 0.2) is 0 Å². The molecule has 0 bridgehead atoms. The van der Waals surface area contributed by atoms with Crippen molar-refractivity contribution in [2.75, 3.05) is 0 Å². The molecule has 118 valence electrons. The van der Waals surface area contributed by atoms with Crippen molar-refractivity contribution in [1.29, 1.82) is 0 Å². The number of hydrogen-bond acceptors (Lipinski definition) is 2. The van der Waals surface area contributed by atoms with Gasteiger partial charge in [0, 0.05) is 23.2 Å². The number of aryl methyl sites for hydroxylation is 2. The van der Waals surface area contributed by atoms with Gasteiger partial charge in [-0.25, -0.2) is 0 Å². The van der Waals surface area contributed by atoms with Crippen molar-refractivity contribution >= 4 is 0 Å². The highest BCUT2D eigenvalue weighted by Gasteiger charge is 2.17. The van der Waals surface area contributed by atoms with Crippen LogP contribution in [0.4, 0.5) is 0 Å². The quantitative estimate of drug-likeness (QED) is 0.923. The Bertz CT molecular complexity index is 729. The monoisotopic (exact) mass is 298 g/mol. The highest BCUT2D eigenvalue weighted by Crippen LogP contribution is 2.27. The molecule has 0 radical (unpaired) electrons. The molecule has 2 rings (SSSR count). The molecule has 2 unspecified atom stereocenters. The summed E-state index contributed by atoms with van der Waals surface area (Å²) in [6, 6.07) is 10.1. The van der Waals surface area contributed by atoms with E-state index in [0.29, 0.717) is 5.56 Å². The second kappa shape index (κ2) is 6.49. The number of nitrogens with zero attached hydrogens (tertiary/aromatic N) is 1. The Balaban J connectivity index is 2.75. The maximum Gasteiger partial charge on any atom is 0.256 e. The summed E-state index contributed by atoms with van der Waals surface area (Å²) in [4.78, 5) is 12.9. The van der Waals surface area contributed by atoms with E-state index < -0.39 is 0 Å². The number of rotatable bonds is 4. The fourth-order valence-corrected chi connectivity index (χ4v) is 2.86. The van der Waals surface area contributed by atoms with E-state index in [-0.39, 0.29) is 17.6 Å². The van der Waals surface area contributed by atoms with E-state index in [1.54, 1.807) is 0 Å². The summed E-state index contributed by atoms with van der Waals surface area (Å²) in [6.07, 6.45) is 0.903.